The fourth-order valence-corrected chi connectivity index (χ4v) is 3.19. The highest BCUT2D eigenvalue weighted by Crippen LogP contribution is 2.27. The molecule has 3 rings (SSSR count). The van der Waals surface area contributed by atoms with Crippen LogP contribution in [0, 0.1) is 0 Å². The van der Waals surface area contributed by atoms with Crippen LogP contribution in [0.5, 0.6) is 0 Å². The molecule has 0 unspecified atom stereocenters. The largest absolute Gasteiger partial charge is 0.389 e. The molecule has 3 aromatic rings. The van der Waals surface area contributed by atoms with E-state index in [0.29, 0.717) is 25.4 Å². The molecule has 8 heteroatoms. The zero-order chi connectivity index (χ0) is 18.0. The van der Waals surface area contributed by atoms with Crippen LogP contribution in [0.2, 0.25) is 10.0 Å². The van der Waals surface area contributed by atoms with Gasteiger partial charge in [-0.15, -0.1) is 0 Å². The molecule has 0 bridgehead atoms. The zero-order valence-corrected chi connectivity index (χ0v) is 16.0. The first kappa shape index (κ1) is 18.2. The lowest BCUT2D eigenvalue weighted by Gasteiger charge is -2.15. The fourth-order valence-electron chi connectivity index (χ4n) is 2.40. The van der Waals surface area contributed by atoms with E-state index in [9.17, 15) is 9.90 Å². The van der Waals surface area contributed by atoms with Crippen molar-refractivity contribution in [1.82, 2.24) is 9.55 Å². The summed E-state index contributed by atoms with van der Waals surface area (Å²) in [4.78, 5) is 16.9. The first-order chi connectivity index (χ1) is 12.0. The highest BCUT2D eigenvalue weighted by atomic mass is 79.9. The summed E-state index contributed by atoms with van der Waals surface area (Å²) in [5, 5.41) is 14.8. The molecule has 5 nitrogen and oxygen atoms in total. The average molecular weight is 443 g/mol. The van der Waals surface area contributed by atoms with Crippen LogP contribution in [0.1, 0.15) is 0 Å². The maximum Gasteiger partial charge on any atom is 0.262 e. The van der Waals surface area contributed by atoms with Gasteiger partial charge in [-0.3, -0.25) is 9.36 Å². The van der Waals surface area contributed by atoms with Crippen molar-refractivity contribution >= 4 is 55.7 Å². The van der Waals surface area contributed by atoms with Crippen molar-refractivity contribution in [3.63, 3.8) is 0 Å². The van der Waals surface area contributed by atoms with E-state index >= 15 is 0 Å². The molecule has 0 radical (unpaired) electrons. The van der Waals surface area contributed by atoms with Crippen molar-refractivity contribution in [1.29, 1.82) is 0 Å². The number of aliphatic hydroxyl groups excluding tert-OH is 1. The molecule has 2 N–H and O–H groups in total. The van der Waals surface area contributed by atoms with E-state index in [1.165, 1.54) is 10.9 Å². The smallest absolute Gasteiger partial charge is 0.262 e. The van der Waals surface area contributed by atoms with E-state index in [1.807, 2.05) is 12.1 Å². The van der Waals surface area contributed by atoms with E-state index in [0.717, 1.165) is 5.69 Å². The van der Waals surface area contributed by atoms with E-state index in [1.54, 1.807) is 24.3 Å². The van der Waals surface area contributed by atoms with Gasteiger partial charge in [-0.1, -0.05) is 23.2 Å². The Labute approximate surface area is 162 Å². The third kappa shape index (κ3) is 4.15. The summed E-state index contributed by atoms with van der Waals surface area (Å²) < 4.78 is 1.88. The van der Waals surface area contributed by atoms with Gasteiger partial charge in [-0.25, -0.2) is 4.98 Å². The molecule has 130 valence electrons. The number of halogens is 3. The molecule has 2 aromatic carbocycles. The van der Waals surface area contributed by atoms with Gasteiger partial charge < -0.3 is 10.4 Å². The van der Waals surface area contributed by atoms with Crippen molar-refractivity contribution < 1.29 is 5.11 Å². The lowest BCUT2D eigenvalue weighted by Crippen LogP contribution is -2.31. The second kappa shape index (κ2) is 7.74. The summed E-state index contributed by atoms with van der Waals surface area (Å²) in [6.07, 6.45) is 0.655. The van der Waals surface area contributed by atoms with Gasteiger partial charge in [0.15, 0.2) is 0 Å². The quantitative estimate of drug-likeness (QED) is 0.627. The van der Waals surface area contributed by atoms with Crippen LogP contribution in [0.25, 0.3) is 10.9 Å². The number of rotatable bonds is 5. The maximum atomic E-state index is 12.6. The van der Waals surface area contributed by atoms with Crippen LogP contribution >= 0.6 is 39.1 Å². The minimum absolute atomic E-state index is 0.112. The van der Waals surface area contributed by atoms with Crippen molar-refractivity contribution in [3.8, 4) is 0 Å². The molecule has 0 spiro atoms. The molecule has 1 atom stereocenters. The number of nitrogens with zero attached hydrogens (tertiary/aromatic N) is 2. The highest BCUT2D eigenvalue weighted by Gasteiger charge is 2.13. The van der Waals surface area contributed by atoms with Gasteiger partial charge >= 0.3 is 0 Å². The minimum atomic E-state index is -0.773. The van der Waals surface area contributed by atoms with Crippen molar-refractivity contribution in [2.45, 2.75) is 12.6 Å². The molecular weight excluding hydrogens is 429 g/mol. The van der Waals surface area contributed by atoms with E-state index in [4.69, 9.17) is 23.2 Å². The normalized spacial score (nSPS) is 12.3. The Morgan fingerprint density at radius 3 is 2.64 bits per heavy atom. The molecule has 0 saturated carbocycles. The molecule has 0 fully saturated rings. The molecule has 1 heterocycles. The summed E-state index contributed by atoms with van der Waals surface area (Å²) in [6.45, 7) is 0.393. The predicted molar refractivity (Wildman–Crippen MR) is 105 cm³/mol. The standard InChI is InChI=1S/C17H14BrCl2N3O2/c18-16-13(20)5-6-14-15(16)17(25)23(9-22-14)8-12(24)7-21-11-3-1-10(19)2-4-11/h1-6,9,12,21,24H,7-8H2/t12-/m1/s1. The second-order valence-corrected chi connectivity index (χ2v) is 7.14. The summed E-state index contributed by atoms with van der Waals surface area (Å²) in [5.41, 5.74) is 1.12. The number of anilines is 1. The number of hydrogen-bond acceptors (Lipinski definition) is 4. The van der Waals surface area contributed by atoms with Gasteiger partial charge in [0.1, 0.15) is 0 Å². The van der Waals surface area contributed by atoms with Gasteiger partial charge in [0.25, 0.3) is 5.56 Å². The Hall–Kier alpha value is -1.60. The summed E-state index contributed by atoms with van der Waals surface area (Å²) in [6, 6.07) is 10.5. The highest BCUT2D eigenvalue weighted by molar-refractivity contribution is 9.10. The van der Waals surface area contributed by atoms with Gasteiger partial charge in [0.05, 0.1) is 39.4 Å². The monoisotopic (exact) mass is 441 g/mol. The van der Waals surface area contributed by atoms with Crippen LogP contribution in [-0.2, 0) is 6.54 Å². The van der Waals surface area contributed by atoms with Gasteiger partial charge in [0.2, 0.25) is 0 Å². The molecular formula is C17H14BrCl2N3O2. The minimum Gasteiger partial charge on any atom is -0.389 e. The van der Waals surface area contributed by atoms with Crippen LogP contribution in [0.4, 0.5) is 5.69 Å². The van der Waals surface area contributed by atoms with Gasteiger partial charge in [-0.2, -0.15) is 0 Å². The Morgan fingerprint density at radius 2 is 1.92 bits per heavy atom. The average Bonchev–Trinajstić information content (AvgIpc) is 2.60. The van der Waals surface area contributed by atoms with E-state index in [-0.39, 0.29) is 18.6 Å². The molecule has 25 heavy (non-hydrogen) atoms. The van der Waals surface area contributed by atoms with Gasteiger partial charge in [-0.05, 0) is 52.3 Å². The number of fused-ring (bicyclic) bond motifs is 1. The van der Waals surface area contributed by atoms with Crippen molar-refractivity contribution in [2.75, 3.05) is 11.9 Å². The number of aromatic nitrogens is 2. The Balaban J connectivity index is 1.76. The molecule has 0 amide bonds. The van der Waals surface area contributed by atoms with Crippen molar-refractivity contribution in [3.05, 3.63) is 67.6 Å². The third-order valence-electron chi connectivity index (χ3n) is 3.68. The SMILES string of the molecule is O=c1c2c(Br)c(Cl)ccc2ncn1C[C@H](O)CNc1ccc(Cl)cc1. The summed E-state index contributed by atoms with van der Waals surface area (Å²) >= 11 is 15.2. The van der Waals surface area contributed by atoms with Crippen LogP contribution in [0.15, 0.2) is 52.0 Å². The number of hydrogen-bond donors (Lipinski definition) is 2. The molecule has 1 aromatic heterocycles. The number of nitrogens with one attached hydrogen (secondary N) is 1. The lowest BCUT2D eigenvalue weighted by molar-refractivity contribution is 0.165. The fraction of sp³-hybridized carbons (Fsp3) is 0.176. The number of aliphatic hydroxyl groups is 1. The maximum absolute atomic E-state index is 12.6. The first-order valence-corrected chi connectivity index (χ1v) is 9.01. The van der Waals surface area contributed by atoms with Crippen molar-refractivity contribution in [2.24, 2.45) is 0 Å². The number of benzene rings is 2. The van der Waals surface area contributed by atoms with E-state index in [2.05, 4.69) is 26.2 Å². The second-order valence-electron chi connectivity index (χ2n) is 5.50. The first-order valence-electron chi connectivity index (χ1n) is 7.46. The van der Waals surface area contributed by atoms with E-state index < -0.39 is 6.10 Å². The topological polar surface area (TPSA) is 67.2 Å². The van der Waals surface area contributed by atoms with Crippen LogP contribution in [0.3, 0.4) is 0 Å². The van der Waals surface area contributed by atoms with Crippen LogP contribution < -0.4 is 10.9 Å². The predicted octanol–water partition coefficient (Wildman–Crippen LogP) is 3.94. The van der Waals surface area contributed by atoms with Crippen LogP contribution in [-0.4, -0.2) is 27.3 Å². The summed E-state index contributed by atoms with van der Waals surface area (Å²) in [7, 11) is 0. The third-order valence-corrected chi connectivity index (χ3v) is 5.30. The summed E-state index contributed by atoms with van der Waals surface area (Å²) in [5.74, 6) is 0. The zero-order valence-electron chi connectivity index (χ0n) is 12.9. The molecule has 0 aliphatic carbocycles. The molecule has 0 aliphatic rings. The van der Waals surface area contributed by atoms with Gasteiger partial charge in [0, 0.05) is 17.3 Å². The lowest BCUT2D eigenvalue weighted by atomic mass is 10.2. The Morgan fingerprint density at radius 1 is 1.20 bits per heavy atom. The Bertz CT molecular complexity index is 961. The Kier molecular flexibility index (Phi) is 5.64. The molecule has 0 aliphatic heterocycles. The molecule has 0 saturated heterocycles.